The van der Waals surface area contributed by atoms with Gasteiger partial charge in [0.25, 0.3) is 0 Å². The molecule has 2 aromatic heterocycles. The highest BCUT2D eigenvalue weighted by atomic mass is 16.5. The number of carbonyl (C=O) groups is 2. The van der Waals surface area contributed by atoms with Gasteiger partial charge in [0.15, 0.2) is 0 Å². The first-order valence-electron chi connectivity index (χ1n) is 18.3. The summed E-state index contributed by atoms with van der Waals surface area (Å²) in [5.74, 6) is 1.67. The summed E-state index contributed by atoms with van der Waals surface area (Å²) in [6, 6.07) is 21.3. The fraction of sp³-hybridized carbons (Fsp3) is 0.415. The molecule has 2 saturated carbocycles. The Bertz CT molecular complexity index is 2120. The molecule has 0 unspecified atom stereocenters. The lowest BCUT2D eigenvalue weighted by molar-refractivity contribution is -0.135. The van der Waals surface area contributed by atoms with Crippen LogP contribution >= 0.6 is 0 Å². The fourth-order valence-electron chi connectivity index (χ4n) is 8.37. The van der Waals surface area contributed by atoms with Crippen LogP contribution in [0.25, 0.3) is 44.4 Å². The third-order valence-corrected chi connectivity index (χ3v) is 12.0. The van der Waals surface area contributed by atoms with E-state index in [4.69, 9.17) is 14.7 Å². The number of likely N-dealkylation sites (tertiary alicyclic amines) is 1. The molecule has 0 radical (unpaired) electrons. The van der Waals surface area contributed by atoms with E-state index in [2.05, 4.69) is 81.3 Å². The predicted octanol–water partition coefficient (Wildman–Crippen LogP) is 7.54. The van der Waals surface area contributed by atoms with Crippen LogP contribution in [0.1, 0.15) is 76.1 Å². The Morgan fingerprint density at radius 1 is 0.804 bits per heavy atom. The molecule has 4 heterocycles. The van der Waals surface area contributed by atoms with Crippen LogP contribution in [0.2, 0.25) is 0 Å². The van der Waals surface area contributed by atoms with Crippen LogP contribution in [0.3, 0.4) is 0 Å². The first-order valence-corrected chi connectivity index (χ1v) is 18.3. The summed E-state index contributed by atoms with van der Waals surface area (Å²) >= 11 is 0. The van der Waals surface area contributed by atoms with E-state index in [0.717, 1.165) is 70.7 Å². The molecule has 2 saturated heterocycles. The smallest absolute Gasteiger partial charge is 0.407 e. The Hall–Kier alpha value is -4.96. The number of carbonyl (C=O) groups excluding carboxylic acids is 2. The zero-order valence-electron chi connectivity index (χ0n) is 29.5. The number of nitrogens with zero attached hydrogens (tertiary/aromatic N) is 3. The first-order chi connectivity index (χ1) is 24.7. The van der Waals surface area contributed by atoms with Crippen LogP contribution in [0.15, 0.2) is 73.1 Å². The van der Waals surface area contributed by atoms with Crippen molar-refractivity contribution in [1.82, 2.24) is 35.5 Å². The molecule has 2 aliphatic carbocycles. The number of ether oxygens (including phenoxy) is 1. The number of amides is 2. The lowest BCUT2D eigenvalue weighted by Gasteiger charge is -2.30. The summed E-state index contributed by atoms with van der Waals surface area (Å²) in [6.45, 7) is 5.67. The van der Waals surface area contributed by atoms with Gasteiger partial charge in [0.2, 0.25) is 5.91 Å². The summed E-state index contributed by atoms with van der Waals surface area (Å²) in [7, 11) is 1.32. The number of aromatic amines is 2. The number of alkyl carbamates (subject to hydrolysis) is 1. The van der Waals surface area contributed by atoms with Gasteiger partial charge in [0.05, 0.1) is 43.0 Å². The van der Waals surface area contributed by atoms with Gasteiger partial charge in [-0.1, -0.05) is 62.4 Å². The molecular weight excluding hydrogens is 638 g/mol. The van der Waals surface area contributed by atoms with E-state index >= 15 is 0 Å². The standard InChI is InChI=1S/C41H45N7O3/c1-24(2)35(47-39(50)51-3)38(49)48-23-41(14-15-41)19-34(48)37-43-21-33(46-37)30-11-10-28-16-27(8-9-29(28)17-30)25-4-6-26(7-5-25)32-20-42-36(45-32)31-18-40(12-13-40)22-44-31/h4-11,16-17,20-21,24,31,34-35,44H,12-15,18-19,22-23H2,1-3H3,(H,42,45)(H,43,46)(H,47,50)/t31-,34-,35-/m0/s1. The van der Waals surface area contributed by atoms with E-state index in [0.29, 0.717) is 18.0 Å². The third-order valence-electron chi connectivity index (χ3n) is 12.0. The monoisotopic (exact) mass is 683 g/mol. The van der Waals surface area contributed by atoms with Gasteiger partial charge in [-0.3, -0.25) is 4.79 Å². The molecule has 5 aromatic rings. The first kappa shape index (κ1) is 32.0. The molecule has 0 bridgehead atoms. The number of methoxy groups -OCH3 is 1. The van der Waals surface area contributed by atoms with Gasteiger partial charge in [-0.2, -0.15) is 0 Å². The van der Waals surface area contributed by atoms with Crippen LogP contribution in [-0.2, 0) is 9.53 Å². The van der Waals surface area contributed by atoms with E-state index in [1.165, 1.54) is 37.5 Å². The maximum absolute atomic E-state index is 13.8. The van der Waals surface area contributed by atoms with E-state index in [9.17, 15) is 9.59 Å². The largest absolute Gasteiger partial charge is 0.453 e. The lowest BCUT2D eigenvalue weighted by atomic mass is 9.98. The van der Waals surface area contributed by atoms with Crippen LogP contribution < -0.4 is 10.6 Å². The molecule has 2 aliphatic heterocycles. The number of rotatable bonds is 8. The highest BCUT2D eigenvalue weighted by Crippen LogP contribution is 2.58. The Morgan fingerprint density at radius 2 is 1.41 bits per heavy atom. The van der Waals surface area contributed by atoms with Crippen molar-refractivity contribution in [3.8, 4) is 33.6 Å². The van der Waals surface area contributed by atoms with Gasteiger partial charge in [-0.05, 0) is 94.9 Å². The Kier molecular flexibility index (Phi) is 7.57. The molecule has 9 rings (SSSR count). The van der Waals surface area contributed by atoms with Crippen molar-refractivity contribution in [3.63, 3.8) is 0 Å². The van der Waals surface area contributed by atoms with Gasteiger partial charge in [0, 0.05) is 18.7 Å². The molecule has 10 nitrogen and oxygen atoms in total. The number of nitrogens with one attached hydrogen (secondary N) is 4. The SMILES string of the molecule is COC(=O)N[C@H](C(=O)N1CC2(CC2)C[C@H]1c1ncc(-c2ccc3cc(-c4ccc(-c5cnc([C@@H]6CC7(CC7)CN6)[nH]5)cc4)ccc3c2)[nH]1)C(C)C. The van der Waals surface area contributed by atoms with Gasteiger partial charge < -0.3 is 30.2 Å². The molecule has 51 heavy (non-hydrogen) atoms. The summed E-state index contributed by atoms with van der Waals surface area (Å²) in [5, 5.41) is 8.72. The van der Waals surface area contributed by atoms with Crippen molar-refractivity contribution in [1.29, 1.82) is 0 Å². The molecule has 4 N–H and O–H groups in total. The van der Waals surface area contributed by atoms with Crippen molar-refractivity contribution >= 4 is 22.8 Å². The second-order valence-corrected chi connectivity index (χ2v) is 15.9. The maximum atomic E-state index is 13.8. The highest BCUT2D eigenvalue weighted by Gasteiger charge is 2.55. The maximum Gasteiger partial charge on any atom is 0.407 e. The number of benzene rings is 3. The number of aromatic nitrogens is 4. The average Bonchev–Trinajstić information content (AvgIpc) is 3.70. The highest BCUT2D eigenvalue weighted by molar-refractivity contribution is 5.91. The molecule has 4 aliphatic rings. The average molecular weight is 684 g/mol. The second kappa shape index (κ2) is 12.1. The van der Waals surface area contributed by atoms with Crippen LogP contribution in [0.5, 0.6) is 0 Å². The molecule has 262 valence electrons. The Balaban J connectivity index is 0.908. The topological polar surface area (TPSA) is 128 Å². The number of imidazole rings is 2. The molecule has 2 spiro atoms. The van der Waals surface area contributed by atoms with Crippen LogP contribution in [0, 0.1) is 16.7 Å². The predicted molar refractivity (Wildman–Crippen MR) is 196 cm³/mol. The summed E-state index contributed by atoms with van der Waals surface area (Å²) in [5.41, 5.74) is 7.17. The third kappa shape index (κ3) is 5.99. The molecule has 3 atom stereocenters. The zero-order valence-corrected chi connectivity index (χ0v) is 29.5. The van der Waals surface area contributed by atoms with Gasteiger partial charge in [0.1, 0.15) is 17.7 Å². The van der Waals surface area contributed by atoms with E-state index in [1.807, 2.05) is 31.1 Å². The Morgan fingerprint density at radius 3 is 2.08 bits per heavy atom. The summed E-state index contributed by atoms with van der Waals surface area (Å²) in [6.07, 6.45) is 10.2. The van der Waals surface area contributed by atoms with Crippen molar-refractivity contribution in [2.45, 2.75) is 70.5 Å². The molecule has 10 heteroatoms. The lowest BCUT2D eigenvalue weighted by Crippen LogP contribution is -2.51. The van der Waals surface area contributed by atoms with Crippen LogP contribution in [-0.4, -0.2) is 63.1 Å². The quantitative estimate of drug-likeness (QED) is 0.134. The molecule has 2 amide bonds. The van der Waals surface area contributed by atoms with Crippen molar-refractivity contribution in [2.24, 2.45) is 16.7 Å². The number of fused-ring (bicyclic) bond motifs is 1. The van der Waals surface area contributed by atoms with Gasteiger partial charge >= 0.3 is 6.09 Å². The second-order valence-electron chi connectivity index (χ2n) is 15.9. The van der Waals surface area contributed by atoms with E-state index in [1.54, 1.807) is 0 Å². The summed E-state index contributed by atoms with van der Waals surface area (Å²) < 4.78 is 4.82. The summed E-state index contributed by atoms with van der Waals surface area (Å²) in [4.78, 5) is 44.5. The van der Waals surface area contributed by atoms with E-state index < -0.39 is 12.1 Å². The minimum absolute atomic E-state index is 0.0815. The number of hydrogen-bond donors (Lipinski definition) is 4. The molecule has 4 fully saturated rings. The fourth-order valence-corrected chi connectivity index (χ4v) is 8.37. The van der Waals surface area contributed by atoms with Crippen molar-refractivity contribution in [2.75, 3.05) is 20.2 Å². The number of hydrogen-bond acceptors (Lipinski definition) is 6. The normalized spacial score (nSPS) is 21.8. The van der Waals surface area contributed by atoms with Crippen molar-refractivity contribution in [3.05, 3.63) is 84.7 Å². The van der Waals surface area contributed by atoms with Crippen molar-refractivity contribution < 1.29 is 14.3 Å². The zero-order chi connectivity index (χ0) is 34.9. The minimum Gasteiger partial charge on any atom is -0.453 e. The molecule has 3 aromatic carbocycles. The minimum atomic E-state index is -0.662. The van der Waals surface area contributed by atoms with Gasteiger partial charge in [-0.25, -0.2) is 14.8 Å². The van der Waals surface area contributed by atoms with Gasteiger partial charge in [-0.15, -0.1) is 0 Å². The number of H-pyrrole nitrogens is 2. The Labute approximate surface area is 297 Å². The molecular formula is C41H45N7O3. The van der Waals surface area contributed by atoms with E-state index in [-0.39, 0.29) is 23.3 Å². The van der Waals surface area contributed by atoms with Crippen LogP contribution in [0.4, 0.5) is 4.79 Å².